The van der Waals surface area contributed by atoms with E-state index < -0.39 is 0 Å². The Morgan fingerprint density at radius 1 is 1.11 bits per heavy atom. The minimum absolute atomic E-state index is 0.163. The normalized spacial score (nSPS) is 22.6. The summed E-state index contributed by atoms with van der Waals surface area (Å²) in [4.78, 5) is 14.8. The van der Waals surface area contributed by atoms with Crippen LogP contribution in [0.5, 0.6) is 5.75 Å². The van der Waals surface area contributed by atoms with E-state index in [1.54, 1.807) is 7.11 Å². The van der Waals surface area contributed by atoms with Gasteiger partial charge in [0, 0.05) is 43.1 Å². The van der Waals surface area contributed by atoms with Crippen LogP contribution in [0.25, 0.3) is 0 Å². The van der Waals surface area contributed by atoms with Gasteiger partial charge in [-0.1, -0.05) is 48.0 Å². The lowest BCUT2D eigenvalue weighted by Gasteiger charge is -2.20. The number of carbonyl (C=O) groups excluding carboxylic acids is 1. The summed E-state index contributed by atoms with van der Waals surface area (Å²) in [5.74, 6) is 1.72. The second-order valence-corrected chi connectivity index (χ2v) is 7.91. The van der Waals surface area contributed by atoms with Gasteiger partial charge in [0.05, 0.1) is 7.11 Å². The summed E-state index contributed by atoms with van der Waals surface area (Å²) >= 11 is 0. The molecule has 2 aromatic rings. The summed E-state index contributed by atoms with van der Waals surface area (Å²) < 4.78 is 5.51. The van der Waals surface area contributed by atoms with Crippen molar-refractivity contribution >= 4 is 5.91 Å². The molecule has 1 aliphatic carbocycles. The third kappa shape index (κ3) is 4.16. The molecule has 2 fully saturated rings. The zero-order valence-corrected chi connectivity index (χ0v) is 16.2. The molecule has 4 rings (SSSR count). The lowest BCUT2D eigenvalue weighted by atomic mass is 9.93. The summed E-state index contributed by atoms with van der Waals surface area (Å²) in [5.41, 5.74) is 3.77. The van der Waals surface area contributed by atoms with Crippen molar-refractivity contribution in [3.63, 3.8) is 0 Å². The van der Waals surface area contributed by atoms with Crippen molar-refractivity contribution in [3.8, 4) is 5.75 Å². The van der Waals surface area contributed by atoms with Crippen molar-refractivity contribution < 1.29 is 9.53 Å². The second kappa shape index (κ2) is 7.73. The number of hydrogen-bond donors (Lipinski definition) is 1. The Bertz CT molecular complexity index is 798. The van der Waals surface area contributed by atoms with E-state index in [0.717, 1.165) is 38.2 Å². The molecular weight excluding hydrogens is 336 g/mol. The molecule has 27 heavy (non-hydrogen) atoms. The molecule has 0 spiro atoms. The average molecular weight is 364 g/mol. The number of aryl methyl sites for hydroxylation is 1. The van der Waals surface area contributed by atoms with E-state index >= 15 is 0 Å². The highest BCUT2D eigenvalue weighted by Crippen LogP contribution is 2.33. The maximum atomic E-state index is 12.4. The third-order valence-corrected chi connectivity index (χ3v) is 5.76. The van der Waals surface area contributed by atoms with E-state index in [1.165, 1.54) is 16.7 Å². The van der Waals surface area contributed by atoms with Crippen molar-refractivity contribution in [1.29, 1.82) is 0 Å². The van der Waals surface area contributed by atoms with Crippen LogP contribution >= 0.6 is 0 Å². The average Bonchev–Trinajstić information content (AvgIpc) is 3.46. The third-order valence-electron chi connectivity index (χ3n) is 5.76. The van der Waals surface area contributed by atoms with E-state index in [4.69, 9.17) is 4.74 Å². The lowest BCUT2D eigenvalue weighted by Crippen LogP contribution is -2.40. The SMILES string of the molecule is COc1ccccc1CN1C[C@@H](NC(=O)C2CC2)[C@H](c2ccc(C)cc2)C1. The van der Waals surface area contributed by atoms with Crippen LogP contribution in [0.2, 0.25) is 0 Å². The quantitative estimate of drug-likeness (QED) is 0.853. The van der Waals surface area contributed by atoms with E-state index in [2.05, 4.69) is 53.5 Å². The molecule has 1 heterocycles. The largest absolute Gasteiger partial charge is 0.496 e. The number of ether oxygens (including phenoxy) is 1. The first-order valence-corrected chi connectivity index (χ1v) is 9.85. The van der Waals surface area contributed by atoms with Crippen molar-refractivity contribution in [2.24, 2.45) is 5.92 Å². The highest BCUT2D eigenvalue weighted by molar-refractivity contribution is 5.81. The Balaban J connectivity index is 1.52. The van der Waals surface area contributed by atoms with Gasteiger partial charge in [-0.3, -0.25) is 9.69 Å². The van der Waals surface area contributed by atoms with E-state index in [9.17, 15) is 4.79 Å². The molecule has 4 heteroatoms. The van der Waals surface area contributed by atoms with E-state index in [-0.39, 0.29) is 17.9 Å². The van der Waals surface area contributed by atoms with Gasteiger partial charge in [-0.2, -0.15) is 0 Å². The summed E-state index contributed by atoms with van der Waals surface area (Å²) in [5, 5.41) is 3.34. The number of nitrogens with one attached hydrogen (secondary N) is 1. The van der Waals surface area contributed by atoms with Gasteiger partial charge in [-0.15, -0.1) is 0 Å². The van der Waals surface area contributed by atoms with Gasteiger partial charge < -0.3 is 10.1 Å². The first-order valence-electron chi connectivity index (χ1n) is 9.85. The van der Waals surface area contributed by atoms with Gasteiger partial charge >= 0.3 is 0 Å². The zero-order valence-electron chi connectivity index (χ0n) is 16.2. The molecule has 0 aromatic heterocycles. The molecule has 2 aliphatic rings. The number of methoxy groups -OCH3 is 1. The topological polar surface area (TPSA) is 41.6 Å². The maximum absolute atomic E-state index is 12.4. The van der Waals surface area contributed by atoms with Gasteiger partial charge in [0.15, 0.2) is 0 Å². The van der Waals surface area contributed by atoms with E-state index in [1.807, 2.05) is 12.1 Å². The molecule has 4 nitrogen and oxygen atoms in total. The van der Waals surface area contributed by atoms with Gasteiger partial charge in [-0.25, -0.2) is 0 Å². The van der Waals surface area contributed by atoms with Crippen LogP contribution in [0.3, 0.4) is 0 Å². The fourth-order valence-corrected chi connectivity index (χ4v) is 4.03. The van der Waals surface area contributed by atoms with Crippen LogP contribution in [0.4, 0.5) is 0 Å². The van der Waals surface area contributed by atoms with Crippen LogP contribution in [0, 0.1) is 12.8 Å². The molecule has 1 amide bonds. The molecule has 1 saturated carbocycles. The minimum Gasteiger partial charge on any atom is -0.496 e. The summed E-state index contributed by atoms with van der Waals surface area (Å²) in [6, 6.07) is 17.1. The monoisotopic (exact) mass is 364 g/mol. The highest BCUT2D eigenvalue weighted by atomic mass is 16.5. The molecule has 1 aliphatic heterocycles. The fourth-order valence-electron chi connectivity index (χ4n) is 4.03. The standard InChI is InChI=1S/C23H28N2O2/c1-16-7-9-17(10-8-16)20-14-25(13-19-5-3-4-6-22(19)27-2)15-21(20)24-23(26)18-11-12-18/h3-10,18,20-21H,11-15H2,1-2H3,(H,24,26)/t20-,21+/m0/s1. The molecule has 1 N–H and O–H groups in total. The van der Waals surface area contributed by atoms with Crippen LogP contribution in [0.1, 0.15) is 35.4 Å². The number of hydrogen-bond acceptors (Lipinski definition) is 3. The first-order chi connectivity index (χ1) is 13.1. The number of nitrogens with zero attached hydrogens (tertiary/aromatic N) is 1. The predicted octanol–water partition coefficient (Wildman–Crippen LogP) is 3.50. The number of likely N-dealkylation sites (tertiary alicyclic amines) is 1. The molecule has 2 atom stereocenters. The smallest absolute Gasteiger partial charge is 0.223 e. The number of amides is 1. The molecule has 0 unspecified atom stereocenters. The van der Waals surface area contributed by atoms with Crippen LogP contribution < -0.4 is 10.1 Å². The van der Waals surface area contributed by atoms with Crippen molar-refractivity contribution in [2.75, 3.05) is 20.2 Å². The van der Waals surface area contributed by atoms with Crippen molar-refractivity contribution in [1.82, 2.24) is 10.2 Å². The van der Waals surface area contributed by atoms with Crippen LogP contribution in [-0.2, 0) is 11.3 Å². The van der Waals surface area contributed by atoms with Gasteiger partial charge in [0.1, 0.15) is 5.75 Å². The maximum Gasteiger partial charge on any atom is 0.223 e. The zero-order chi connectivity index (χ0) is 18.8. The number of para-hydroxylation sites is 1. The Kier molecular flexibility index (Phi) is 5.17. The van der Waals surface area contributed by atoms with Crippen LogP contribution in [0.15, 0.2) is 48.5 Å². The Morgan fingerprint density at radius 2 is 1.85 bits per heavy atom. The molecular formula is C23H28N2O2. The summed E-state index contributed by atoms with van der Waals surface area (Å²) in [6.07, 6.45) is 2.08. The predicted molar refractivity (Wildman–Crippen MR) is 107 cm³/mol. The van der Waals surface area contributed by atoms with Gasteiger partial charge in [0.2, 0.25) is 5.91 Å². The molecule has 2 aromatic carbocycles. The molecule has 0 bridgehead atoms. The number of benzene rings is 2. The minimum atomic E-state index is 0.163. The van der Waals surface area contributed by atoms with Crippen molar-refractivity contribution in [2.45, 2.75) is 38.3 Å². The van der Waals surface area contributed by atoms with E-state index in [0.29, 0.717) is 5.92 Å². The number of rotatable bonds is 6. The summed E-state index contributed by atoms with van der Waals surface area (Å²) in [7, 11) is 1.72. The number of carbonyl (C=O) groups is 1. The molecule has 0 radical (unpaired) electrons. The first kappa shape index (κ1) is 18.1. The Morgan fingerprint density at radius 3 is 2.56 bits per heavy atom. The molecule has 142 valence electrons. The Labute approximate surface area is 161 Å². The van der Waals surface area contributed by atoms with Gasteiger partial charge in [0.25, 0.3) is 0 Å². The van der Waals surface area contributed by atoms with Crippen LogP contribution in [-0.4, -0.2) is 37.0 Å². The van der Waals surface area contributed by atoms with Gasteiger partial charge in [-0.05, 0) is 31.4 Å². The Hall–Kier alpha value is -2.33. The fraction of sp³-hybridized carbons (Fsp3) is 0.435. The molecule has 1 saturated heterocycles. The second-order valence-electron chi connectivity index (χ2n) is 7.91. The highest BCUT2D eigenvalue weighted by Gasteiger charge is 2.38. The lowest BCUT2D eigenvalue weighted by molar-refractivity contribution is -0.123. The van der Waals surface area contributed by atoms with Crippen molar-refractivity contribution in [3.05, 3.63) is 65.2 Å². The summed E-state index contributed by atoms with van der Waals surface area (Å²) in [6.45, 7) is 4.76.